The van der Waals surface area contributed by atoms with E-state index in [4.69, 9.17) is 4.98 Å². The number of carbonyl (C=O) groups excluding carboxylic acids is 1. The van der Waals surface area contributed by atoms with E-state index in [0.717, 1.165) is 49.1 Å². The lowest BCUT2D eigenvalue weighted by atomic mass is 10.1. The van der Waals surface area contributed by atoms with E-state index in [-0.39, 0.29) is 5.78 Å². The average Bonchev–Trinajstić information content (AvgIpc) is 3.25. The summed E-state index contributed by atoms with van der Waals surface area (Å²) in [5.41, 5.74) is 3.67. The van der Waals surface area contributed by atoms with Crippen molar-refractivity contribution in [1.29, 1.82) is 0 Å². The van der Waals surface area contributed by atoms with Crippen LogP contribution in [-0.2, 0) is 17.6 Å². The molecule has 3 aromatic rings. The Morgan fingerprint density at radius 2 is 1.66 bits per heavy atom. The van der Waals surface area contributed by atoms with Crippen LogP contribution in [-0.4, -0.2) is 52.8 Å². The van der Waals surface area contributed by atoms with E-state index in [1.54, 1.807) is 6.92 Å². The van der Waals surface area contributed by atoms with Gasteiger partial charge in [-0.2, -0.15) is 4.37 Å². The van der Waals surface area contributed by atoms with Crippen LogP contribution < -0.4 is 4.90 Å². The Morgan fingerprint density at radius 1 is 0.969 bits per heavy atom. The molecule has 0 radical (unpaired) electrons. The van der Waals surface area contributed by atoms with Gasteiger partial charge in [-0.3, -0.25) is 9.69 Å². The van der Waals surface area contributed by atoms with E-state index < -0.39 is 0 Å². The summed E-state index contributed by atoms with van der Waals surface area (Å²) in [6, 6.07) is 18.4. The summed E-state index contributed by atoms with van der Waals surface area (Å²) in [5, 5.41) is 1.08. The minimum atomic E-state index is 0.214. The fourth-order valence-corrected chi connectivity index (χ4v) is 4.43. The van der Waals surface area contributed by atoms with Crippen molar-refractivity contribution in [3.63, 3.8) is 0 Å². The highest BCUT2D eigenvalue weighted by Crippen LogP contribution is 2.20. The molecule has 2 heterocycles. The number of carbonyl (C=O) groups is 1. The van der Waals surface area contributed by atoms with E-state index >= 15 is 0 Å². The minimum absolute atomic E-state index is 0.214. The number of hydrogen-bond acceptors (Lipinski definition) is 6. The van der Waals surface area contributed by atoms with Crippen LogP contribution in [0.4, 0.5) is 5.13 Å². The van der Waals surface area contributed by atoms with E-state index in [2.05, 4.69) is 52.3 Å². The number of benzene rings is 2. The summed E-state index contributed by atoms with van der Waals surface area (Å²) in [4.78, 5) is 20.3. The molecule has 1 aromatic heterocycles. The first kappa shape index (κ1) is 24.1. The van der Waals surface area contributed by atoms with Crippen molar-refractivity contribution >= 4 is 22.4 Å². The second-order valence-electron chi connectivity index (χ2n) is 8.35. The summed E-state index contributed by atoms with van der Waals surface area (Å²) in [7, 11) is 0. The molecule has 0 N–H and O–H groups in total. The number of aromatic nitrogens is 2. The molecular weight excluding hydrogens is 416 g/mol. The molecule has 5 nitrogen and oxygen atoms in total. The van der Waals surface area contributed by atoms with Gasteiger partial charge in [-0.05, 0) is 37.9 Å². The Bertz CT molecular complexity index is 947. The summed E-state index contributed by atoms with van der Waals surface area (Å²) >= 11 is 1.54. The number of nitrogens with zero attached hydrogens (tertiary/aromatic N) is 4. The zero-order valence-corrected chi connectivity index (χ0v) is 20.3. The van der Waals surface area contributed by atoms with Crippen molar-refractivity contribution < 1.29 is 4.79 Å². The maximum Gasteiger partial charge on any atom is 0.205 e. The van der Waals surface area contributed by atoms with E-state index in [1.807, 2.05) is 30.3 Å². The van der Waals surface area contributed by atoms with Crippen LogP contribution in [0.2, 0.25) is 0 Å². The number of aryl methyl sites for hydroxylation is 1. The molecule has 0 amide bonds. The van der Waals surface area contributed by atoms with Gasteiger partial charge in [0.2, 0.25) is 5.13 Å². The maximum atomic E-state index is 10.6. The Kier molecular flexibility index (Phi) is 9.38. The molecule has 1 aliphatic rings. The lowest BCUT2D eigenvalue weighted by Gasteiger charge is -2.34. The van der Waals surface area contributed by atoms with Crippen LogP contribution in [0.3, 0.4) is 0 Å². The van der Waals surface area contributed by atoms with Crippen molar-refractivity contribution in [2.75, 3.05) is 37.6 Å². The van der Waals surface area contributed by atoms with Crippen molar-refractivity contribution in [2.45, 2.75) is 40.0 Å². The first-order valence-electron chi connectivity index (χ1n) is 11.4. The van der Waals surface area contributed by atoms with Gasteiger partial charge >= 0.3 is 0 Å². The lowest BCUT2D eigenvalue weighted by Crippen LogP contribution is -2.46. The zero-order valence-electron chi connectivity index (χ0n) is 19.5. The molecule has 0 bridgehead atoms. The van der Waals surface area contributed by atoms with E-state index in [1.165, 1.54) is 35.6 Å². The Morgan fingerprint density at radius 3 is 2.28 bits per heavy atom. The Hall–Kier alpha value is -2.57. The molecule has 0 saturated carbocycles. The fourth-order valence-electron chi connectivity index (χ4n) is 3.70. The van der Waals surface area contributed by atoms with Crippen LogP contribution in [0.15, 0.2) is 54.6 Å². The maximum absolute atomic E-state index is 10.6. The van der Waals surface area contributed by atoms with Gasteiger partial charge in [0, 0.05) is 50.6 Å². The van der Waals surface area contributed by atoms with Crippen molar-refractivity contribution in [1.82, 2.24) is 14.3 Å². The predicted molar refractivity (Wildman–Crippen MR) is 134 cm³/mol. The molecule has 1 saturated heterocycles. The van der Waals surface area contributed by atoms with Crippen molar-refractivity contribution in [3.8, 4) is 0 Å². The minimum Gasteiger partial charge on any atom is -0.344 e. The number of rotatable bonds is 7. The van der Waals surface area contributed by atoms with Gasteiger partial charge in [0.1, 0.15) is 11.6 Å². The fraction of sp³-hybridized carbons (Fsp3) is 0.423. The van der Waals surface area contributed by atoms with Crippen molar-refractivity contribution in [3.05, 3.63) is 77.1 Å². The Balaban J connectivity index is 0.000000243. The number of ketones is 1. The summed E-state index contributed by atoms with van der Waals surface area (Å²) in [6.45, 7) is 11.6. The SMILES string of the molecule is CC(=O)Cc1ccccc1.CCCN1CCN(c2nc(Cc3ccc(C)cc3)ns2)CC1. The highest BCUT2D eigenvalue weighted by atomic mass is 32.1. The molecule has 4 rings (SSSR count). The molecule has 1 fully saturated rings. The average molecular weight is 451 g/mol. The van der Waals surface area contributed by atoms with Gasteiger partial charge in [-0.1, -0.05) is 67.1 Å². The zero-order chi connectivity index (χ0) is 22.8. The molecule has 1 aliphatic heterocycles. The molecule has 0 aliphatic carbocycles. The Labute approximate surface area is 196 Å². The summed E-state index contributed by atoms with van der Waals surface area (Å²) < 4.78 is 4.54. The number of Topliss-reactive ketones (excluding diaryl/α,β-unsaturated/α-hetero) is 1. The summed E-state index contributed by atoms with van der Waals surface area (Å²) in [5.74, 6) is 1.16. The molecule has 32 heavy (non-hydrogen) atoms. The molecule has 6 heteroatoms. The molecule has 0 spiro atoms. The second kappa shape index (κ2) is 12.5. The first-order chi connectivity index (χ1) is 15.5. The van der Waals surface area contributed by atoms with Crippen LogP contribution >= 0.6 is 11.5 Å². The summed E-state index contributed by atoms with van der Waals surface area (Å²) in [6.07, 6.45) is 2.62. The van der Waals surface area contributed by atoms with E-state index in [0.29, 0.717) is 6.42 Å². The standard InChI is InChI=1S/C17H24N4S.C9H10O/c1-3-8-20-9-11-21(12-10-20)17-18-16(19-22-17)13-15-6-4-14(2)5-7-15;1-8(10)7-9-5-3-2-4-6-9/h4-7H,3,8-13H2,1-2H3;2-6H,7H2,1H3. The van der Waals surface area contributed by atoms with Crippen LogP contribution in [0.25, 0.3) is 0 Å². The van der Waals surface area contributed by atoms with Gasteiger partial charge in [-0.25, -0.2) is 4.98 Å². The highest BCUT2D eigenvalue weighted by Gasteiger charge is 2.19. The largest absolute Gasteiger partial charge is 0.344 e. The van der Waals surface area contributed by atoms with Crippen LogP contribution in [0.1, 0.15) is 42.8 Å². The lowest BCUT2D eigenvalue weighted by molar-refractivity contribution is -0.116. The third-order valence-corrected chi connectivity index (χ3v) is 6.23. The second-order valence-corrected chi connectivity index (χ2v) is 9.08. The molecule has 170 valence electrons. The first-order valence-corrected chi connectivity index (χ1v) is 12.2. The predicted octanol–water partition coefficient (Wildman–Crippen LogP) is 4.79. The van der Waals surface area contributed by atoms with Gasteiger partial charge < -0.3 is 4.90 Å². The van der Waals surface area contributed by atoms with Crippen LogP contribution in [0.5, 0.6) is 0 Å². The van der Waals surface area contributed by atoms with Gasteiger partial charge in [-0.15, -0.1) is 0 Å². The highest BCUT2D eigenvalue weighted by molar-refractivity contribution is 7.09. The number of hydrogen-bond donors (Lipinski definition) is 0. The third kappa shape index (κ3) is 7.84. The number of anilines is 1. The third-order valence-electron chi connectivity index (χ3n) is 5.42. The van der Waals surface area contributed by atoms with Gasteiger partial charge in [0.05, 0.1) is 0 Å². The quantitative estimate of drug-likeness (QED) is 0.518. The topological polar surface area (TPSA) is 49.3 Å². The molecule has 0 unspecified atom stereocenters. The monoisotopic (exact) mass is 450 g/mol. The molecule has 2 aromatic carbocycles. The molecule has 0 atom stereocenters. The normalized spacial score (nSPS) is 14.0. The van der Waals surface area contributed by atoms with Gasteiger partial charge in [0.25, 0.3) is 0 Å². The van der Waals surface area contributed by atoms with Crippen LogP contribution in [0, 0.1) is 6.92 Å². The molecular formula is C26H34N4OS. The number of piperazine rings is 1. The van der Waals surface area contributed by atoms with Crippen molar-refractivity contribution in [2.24, 2.45) is 0 Å². The van der Waals surface area contributed by atoms with Gasteiger partial charge in [0.15, 0.2) is 0 Å². The van der Waals surface area contributed by atoms with E-state index in [9.17, 15) is 4.79 Å². The smallest absolute Gasteiger partial charge is 0.205 e.